The molecule has 0 spiro atoms. The van der Waals surface area contributed by atoms with Crippen LogP contribution in [0, 0.1) is 0 Å². The van der Waals surface area contributed by atoms with Gasteiger partial charge in [0.15, 0.2) is 0 Å². The molecule has 0 bridgehead atoms. The van der Waals surface area contributed by atoms with Crippen molar-refractivity contribution < 1.29 is 4.65 Å². The van der Waals surface area contributed by atoms with E-state index in [1.807, 2.05) is 24.5 Å². The number of nitrogens with zero attached hydrogens (tertiary/aromatic N) is 3. The minimum Gasteiger partial charge on any atom is -0.536 e. The molecule has 0 amide bonds. The van der Waals surface area contributed by atoms with E-state index in [9.17, 15) is 0 Å². The van der Waals surface area contributed by atoms with Crippen molar-refractivity contribution in [2.24, 2.45) is 0 Å². The van der Waals surface area contributed by atoms with Crippen LogP contribution in [0.15, 0.2) is 109 Å². The maximum absolute atomic E-state index is 6.39. The quantitative estimate of drug-likeness (QED) is 0.293. The number of pyridine rings is 1. The zero-order valence-corrected chi connectivity index (χ0v) is 18.2. The monoisotopic (exact) mass is 435 g/mol. The van der Waals surface area contributed by atoms with E-state index in [-0.39, 0.29) is 7.05 Å². The number of para-hydroxylation sites is 4. The number of benzene rings is 4. The van der Waals surface area contributed by atoms with Gasteiger partial charge in [-0.3, -0.25) is 4.98 Å². The van der Waals surface area contributed by atoms with Crippen molar-refractivity contribution in [1.82, 2.24) is 9.55 Å². The molecule has 0 saturated heterocycles. The summed E-state index contributed by atoms with van der Waals surface area (Å²) in [5.74, 6) is 0.904. The van der Waals surface area contributed by atoms with E-state index in [1.165, 1.54) is 32.9 Å². The number of hydrogen-bond acceptors (Lipinski definition) is 3. The van der Waals surface area contributed by atoms with Gasteiger partial charge in [-0.2, -0.15) is 0 Å². The number of fused-ring (bicyclic) bond motifs is 11. The van der Waals surface area contributed by atoms with Crippen LogP contribution in [0.4, 0.5) is 11.4 Å². The van der Waals surface area contributed by atoms with Crippen molar-refractivity contribution in [2.75, 3.05) is 4.81 Å². The highest BCUT2D eigenvalue weighted by Gasteiger charge is 2.45. The van der Waals surface area contributed by atoms with Crippen LogP contribution in [0.25, 0.3) is 38.6 Å². The molecule has 0 atom stereocenters. The van der Waals surface area contributed by atoms with Crippen LogP contribution >= 0.6 is 0 Å². The second-order valence-corrected chi connectivity index (χ2v) is 8.84. The Morgan fingerprint density at radius 2 is 1.41 bits per heavy atom. The lowest BCUT2D eigenvalue weighted by Crippen LogP contribution is -2.50. The van der Waals surface area contributed by atoms with Gasteiger partial charge in [-0.25, -0.2) is 0 Å². The molecule has 34 heavy (non-hydrogen) atoms. The summed E-state index contributed by atoms with van der Waals surface area (Å²) in [6.07, 6.45) is 3.81. The Morgan fingerprint density at radius 3 is 2.24 bits per heavy atom. The van der Waals surface area contributed by atoms with Crippen molar-refractivity contribution in [2.45, 2.75) is 0 Å². The molecule has 4 nitrogen and oxygen atoms in total. The molecule has 4 heterocycles. The van der Waals surface area contributed by atoms with Crippen LogP contribution in [0.2, 0.25) is 0 Å². The molecule has 0 fully saturated rings. The Hall–Kier alpha value is -4.51. The number of rotatable bonds is 1. The molecule has 0 saturated carbocycles. The number of anilines is 2. The van der Waals surface area contributed by atoms with Crippen LogP contribution in [-0.4, -0.2) is 16.6 Å². The standard InChI is InChI=1S/C29H18BN3O/c1-3-9-25-21(7-1)22-8-2-4-10-26(22)32(25)19-13-14-27-23(17-19)20-15-16-31-18-24(20)30-33(27)28-11-5-6-12-29(28)34-30/h1-18H. The largest absolute Gasteiger partial charge is 0.536 e. The van der Waals surface area contributed by atoms with Gasteiger partial charge in [0.05, 0.1) is 16.7 Å². The van der Waals surface area contributed by atoms with Crippen LogP contribution in [0.5, 0.6) is 5.75 Å². The Labute approximate surface area is 196 Å². The third-order valence-electron chi connectivity index (χ3n) is 7.08. The summed E-state index contributed by atoms with van der Waals surface area (Å²) in [4.78, 5) is 6.73. The topological polar surface area (TPSA) is 30.3 Å². The summed E-state index contributed by atoms with van der Waals surface area (Å²) < 4.78 is 8.76. The van der Waals surface area contributed by atoms with E-state index in [0.717, 1.165) is 28.3 Å². The third kappa shape index (κ3) is 2.26. The molecule has 2 aliphatic rings. The molecule has 5 heteroatoms. The van der Waals surface area contributed by atoms with E-state index in [2.05, 4.69) is 99.3 Å². The number of hydrogen-bond donors (Lipinski definition) is 0. The zero-order valence-electron chi connectivity index (χ0n) is 18.2. The average Bonchev–Trinajstić information content (AvgIpc) is 3.45. The van der Waals surface area contributed by atoms with Crippen molar-refractivity contribution in [3.63, 3.8) is 0 Å². The highest BCUT2D eigenvalue weighted by atomic mass is 16.5. The minimum atomic E-state index is -0.201. The molecular formula is C29H18BN3O. The van der Waals surface area contributed by atoms with Crippen molar-refractivity contribution >= 4 is 45.7 Å². The highest BCUT2D eigenvalue weighted by molar-refractivity contribution is 6.77. The first-order chi connectivity index (χ1) is 16.9. The Bertz CT molecular complexity index is 1720. The smallest absolute Gasteiger partial charge is 0.526 e. The van der Waals surface area contributed by atoms with Gasteiger partial charge in [-0.15, -0.1) is 0 Å². The summed E-state index contributed by atoms with van der Waals surface area (Å²) in [6.45, 7) is 0. The molecule has 0 unspecified atom stereocenters. The van der Waals surface area contributed by atoms with Gasteiger partial charge in [0.1, 0.15) is 5.75 Å². The van der Waals surface area contributed by atoms with Gasteiger partial charge >= 0.3 is 7.05 Å². The van der Waals surface area contributed by atoms with Gasteiger partial charge in [-0.1, -0.05) is 48.5 Å². The normalized spacial score (nSPS) is 13.4. The van der Waals surface area contributed by atoms with Gasteiger partial charge < -0.3 is 14.0 Å². The lowest BCUT2D eigenvalue weighted by atomic mass is 9.65. The minimum absolute atomic E-state index is 0.201. The van der Waals surface area contributed by atoms with Crippen LogP contribution in [0.1, 0.15) is 0 Å². The van der Waals surface area contributed by atoms with Gasteiger partial charge in [-0.05, 0) is 54.1 Å². The molecule has 4 aromatic carbocycles. The van der Waals surface area contributed by atoms with E-state index < -0.39 is 0 Å². The second-order valence-electron chi connectivity index (χ2n) is 8.84. The van der Waals surface area contributed by atoms with Gasteiger partial charge in [0.25, 0.3) is 0 Å². The fourth-order valence-corrected chi connectivity index (χ4v) is 5.65. The molecule has 0 aliphatic carbocycles. The zero-order chi connectivity index (χ0) is 22.2. The SMILES string of the molecule is c1ccc2c(c1)OB1c3cnccc3-c3cc(-n4c5ccccc5c5ccccc54)ccc3N12. The Kier molecular flexibility index (Phi) is 3.45. The molecule has 158 valence electrons. The van der Waals surface area contributed by atoms with Gasteiger partial charge in [0.2, 0.25) is 0 Å². The van der Waals surface area contributed by atoms with Crippen molar-refractivity contribution in [1.29, 1.82) is 0 Å². The average molecular weight is 435 g/mol. The maximum atomic E-state index is 6.39. The molecule has 0 N–H and O–H groups in total. The summed E-state index contributed by atoms with van der Waals surface area (Å²) in [5.41, 5.74) is 9.25. The molecular weight excluding hydrogens is 417 g/mol. The van der Waals surface area contributed by atoms with Crippen LogP contribution in [-0.2, 0) is 0 Å². The lowest BCUT2D eigenvalue weighted by molar-refractivity contribution is 0.603. The lowest BCUT2D eigenvalue weighted by Gasteiger charge is -2.31. The van der Waals surface area contributed by atoms with E-state index >= 15 is 0 Å². The highest BCUT2D eigenvalue weighted by Crippen LogP contribution is 2.47. The Balaban J connectivity index is 1.43. The fourth-order valence-electron chi connectivity index (χ4n) is 5.65. The van der Waals surface area contributed by atoms with E-state index in [1.54, 1.807) is 0 Å². The maximum Gasteiger partial charge on any atom is 0.526 e. The van der Waals surface area contributed by atoms with Crippen molar-refractivity contribution in [3.05, 3.63) is 109 Å². The van der Waals surface area contributed by atoms with E-state index in [4.69, 9.17) is 4.65 Å². The summed E-state index contributed by atoms with van der Waals surface area (Å²) in [5, 5.41) is 2.53. The second kappa shape index (κ2) is 6.52. The van der Waals surface area contributed by atoms with Crippen molar-refractivity contribution in [3.8, 4) is 22.6 Å². The predicted octanol–water partition coefficient (Wildman–Crippen LogP) is 6.09. The predicted molar refractivity (Wildman–Crippen MR) is 139 cm³/mol. The first-order valence-corrected chi connectivity index (χ1v) is 11.5. The molecule has 2 aromatic heterocycles. The van der Waals surface area contributed by atoms with Crippen LogP contribution < -0.4 is 14.9 Å². The third-order valence-corrected chi connectivity index (χ3v) is 7.08. The first kappa shape index (κ1) is 18.0. The number of aromatic nitrogens is 2. The summed E-state index contributed by atoms with van der Waals surface area (Å²) in [6, 6.07) is 34.4. The molecule has 2 aliphatic heterocycles. The molecule has 8 rings (SSSR count). The van der Waals surface area contributed by atoms with Gasteiger partial charge in [0, 0.05) is 45.6 Å². The first-order valence-electron chi connectivity index (χ1n) is 11.5. The molecule has 6 aromatic rings. The summed E-state index contributed by atoms with van der Waals surface area (Å²) >= 11 is 0. The van der Waals surface area contributed by atoms with Crippen LogP contribution in [0.3, 0.4) is 0 Å². The summed E-state index contributed by atoms with van der Waals surface area (Å²) in [7, 11) is -0.201. The Morgan fingerprint density at radius 1 is 0.676 bits per heavy atom. The fraction of sp³-hybridized carbons (Fsp3) is 0. The van der Waals surface area contributed by atoms with E-state index in [0.29, 0.717) is 0 Å². The molecule has 0 radical (unpaired) electrons.